The van der Waals surface area contributed by atoms with Gasteiger partial charge in [-0.3, -0.25) is 4.79 Å². The Kier molecular flexibility index (Phi) is 5.16. The minimum absolute atomic E-state index is 0.212. The van der Waals surface area contributed by atoms with Crippen molar-refractivity contribution in [2.45, 2.75) is 38.4 Å². The van der Waals surface area contributed by atoms with Crippen molar-refractivity contribution in [1.29, 1.82) is 0 Å². The van der Waals surface area contributed by atoms with Crippen molar-refractivity contribution >= 4 is 28.5 Å². The number of aromatic nitrogens is 5. The number of benzene rings is 2. The van der Waals surface area contributed by atoms with Crippen molar-refractivity contribution in [3.05, 3.63) is 70.3 Å². The van der Waals surface area contributed by atoms with E-state index >= 15 is 0 Å². The van der Waals surface area contributed by atoms with Crippen LogP contribution in [0.25, 0.3) is 16.7 Å². The fourth-order valence-corrected chi connectivity index (χ4v) is 4.78. The molecule has 34 heavy (non-hydrogen) atoms. The number of fused-ring (bicyclic) bond motifs is 1. The molecule has 2 aromatic carbocycles. The van der Waals surface area contributed by atoms with Gasteiger partial charge in [-0.25, -0.2) is 4.98 Å². The lowest BCUT2D eigenvalue weighted by Gasteiger charge is -2.34. The molecular weight excluding hydrogens is 469 g/mol. The number of imidazole rings is 1. The first-order valence-corrected chi connectivity index (χ1v) is 11.0. The highest BCUT2D eigenvalue weighted by molar-refractivity contribution is 6.32. The van der Waals surface area contributed by atoms with Crippen molar-refractivity contribution in [2.75, 3.05) is 6.54 Å². The van der Waals surface area contributed by atoms with E-state index in [4.69, 9.17) is 11.6 Å². The van der Waals surface area contributed by atoms with Crippen LogP contribution in [0.5, 0.6) is 0 Å². The van der Waals surface area contributed by atoms with Gasteiger partial charge in [0.1, 0.15) is 5.82 Å². The van der Waals surface area contributed by atoms with Gasteiger partial charge in [-0.1, -0.05) is 17.7 Å². The summed E-state index contributed by atoms with van der Waals surface area (Å²) in [5, 5.41) is 7.92. The smallest absolute Gasteiger partial charge is 0.340 e. The van der Waals surface area contributed by atoms with Gasteiger partial charge in [0.25, 0.3) is 5.91 Å². The molecule has 11 heteroatoms. The lowest BCUT2D eigenvalue weighted by atomic mass is 9.96. The van der Waals surface area contributed by atoms with Crippen LogP contribution in [-0.4, -0.2) is 42.3 Å². The Morgan fingerprint density at radius 1 is 1.18 bits per heavy atom. The molecule has 1 aliphatic rings. The van der Waals surface area contributed by atoms with Crippen molar-refractivity contribution < 1.29 is 18.0 Å². The Morgan fingerprint density at radius 3 is 2.62 bits per heavy atom. The molecule has 1 amide bonds. The molecule has 1 atom stereocenters. The number of aromatic amines is 1. The molecule has 1 saturated heterocycles. The summed E-state index contributed by atoms with van der Waals surface area (Å²) in [7, 11) is 0. The van der Waals surface area contributed by atoms with Gasteiger partial charge in [0, 0.05) is 6.54 Å². The zero-order chi connectivity index (χ0) is 24.3. The van der Waals surface area contributed by atoms with Gasteiger partial charge in [0.05, 0.1) is 50.8 Å². The third-order valence-electron chi connectivity index (χ3n) is 6.29. The lowest BCUT2D eigenvalue weighted by Crippen LogP contribution is -2.44. The quantitative estimate of drug-likeness (QED) is 0.426. The van der Waals surface area contributed by atoms with E-state index in [1.807, 2.05) is 26.0 Å². The van der Waals surface area contributed by atoms with Gasteiger partial charge in [-0.05, 0) is 56.5 Å². The third kappa shape index (κ3) is 3.62. The number of hydrogen-bond acceptors (Lipinski definition) is 4. The number of carbonyl (C=O) groups excluding carboxylic acids is 1. The fraction of sp³-hybridized carbons (Fsp3) is 0.304. The average molecular weight is 489 g/mol. The van der Waals surface area contributed by atoms with Gasteiger partial charge >= 0.3 is 6.18 Å². The molecule has 1 fully saturated rings. The molecule has 1 aliphatic heterocycles. The highest BCUT2D eigenvalue weighted by Gasteiger charge is 2.44. The van der Waals surface area contributed by atoms with Crippen molar-refractivity contribution in [2.24, 2.45) is 0 Å². The number of hydrogen-bond donors (Lipinski definition) is 1. The summed E-state index contributed by atoms with van der Waals surface area (Å²) < 4.78 is 39.9. The van der Waals surface area contributed by atoms with E-state index in [0.29, 0.717) is 35.6 Å². The Bertz CT molecular complexity index is 1400. The second kappa shape index (κ2) is 7.83. The molecule has 2 aromatic heterocycles. The van der Waals surface area contributed by atoms with Crippen LogP contribution < -0.4 is 0 Å². The van der Waals surface area contributed by atoms with Crippen LogP contribution in [0, 0.1) is 6.92 Å². The summed E-state index contributed by atoms with van der Waals surface area (Å²) >= 11 is 5.88. The number of halogens is 4. The molecule has 3 heterocycles. The summed E-state index contributed by atoms with van der Waals surface area (Å²) in [5.74, 6) is 0.177. The van der Waals surface area contributed by atoms with Gasteiger partial charge in [-0.2, -0.15) is 28.2 Å². The minimum Gasteiger partial charge on any atom is -0.340 e. The SMILES string of the molecule is Cc1ccc(C(=O)N2CCCC2(C)c2nc3cc(Cl)c(C(F)(F)F)cc3[nH]2)c(-n2nccn2)c1. The predicted octanol–water partition coefficient (Wildman–Crippen LogP) is 5.28. The Labute approximate surface area is 197 Å². The fourth-order valence-electron chi connectivity index (χ4n) is 4.51. The number of amides is 1. The summed E-state index contributed by atoms with van der Waals surface area (Å²) in [6.45, 7) is 4.25. The number of alkyl halides is 3. The van der Waals surface area contributed by atoms with Crippen molar-refractivity contribution in [3.8, 4) is 5.69 Å². The second-order valence-corrected chi connectivity index (χ2v) is 9.01. The molecule has 5 rings (SSSR count). The maximum absolute atomic E-state index is 13.8. The highest BCUT2D eigenvalue weighted by atomic mass is 35.5. The van der Waals surface area contributed by atoms with Crippen LogP contribution in [0.1, 0.15) is 47.1 Å². The van der Waals surface area contributed by atoms with Crippen LogP contribution in [0.2, 0.25) is 5.02 Å². The van der Waals surface area contributed by atoms with E-state index in [1.165, 1.54) is 23.3 Å². The van der Waals surface area contributed by atoms with Crippen LogP contribution in [-0.2, 0) is 11.7 Å². The Balaban J connectivity index is 1.57. The zero-order valence-electron chi connectivity index (χ0n) is 18.3. The number of likely N-dealkylation sites (tertiary alicyclic amines) is 1. The molecule has 0 spiro atoms. The first-order chi connectivity index (χ1) is 16.1. The number of carbonyl (C=O) groups is 1. The number of nitrogens with one attached hydrogen (secondary N) is 1. The zero-order valence-corrected chi connectivity index (χ0v) is 19.1. The van der Waals surface area contributed by atoms with Crippen molar-refractivity contribution in [1.82, 2.24) is 29.9 Å². The van der Waals surface area contributed by atoms with E-state index in [1.54, 1.807) is 11.0 Å². The molecule has 0 bridgehead atoms. The Hall–Kier alpha value is -3.40. The van der Waals surface area contributed by atoms with E-state index in [0.717, 1.165) is 18.1 Å². The molecule has 0 radical (unpaired) electrons. The number of aryl methyl sites for hydroxylation is 1. The monoisotopic (exact) mass is 488 g/mol. The Morgan fingerprint density at radius 2 is 1.91 bits per heavy atom. The molecule has 0 aliphatic carbocycles. The number of H-pyrrole nitrogens is 1. The van der Waals surface area contributed by atoms with E-state index < -0.39 is 22.3 Å². The van der Waals surface area contributed by atoms with Crippen LogP contribution >= 0.6 is 11.6 Å². The molecular formula is C23H20ClF3N6O. The molecule has 1 unspecified atom stereocenters. The van der Waals surface area contributed by atoms with Gasteiger partial charge in [-0.15, -0.1) is 0 Å². The predicted molar refractivity (Wildman–Crippen MR) is 120 cm³/mol. The number of nitrogens with zero attached hydrogens (tertiary/aromatic N) is 5. The maximum Gasteiger partial charge on any atom is 0.417 e. The molecule has 7 nitrogen and oxygen atoms in total. The van der Waals surface area contributed by atoms with Gasteiger partial charge in [0.2, 0.25) is 0 Å². The summed E-state index contributed by atoms with van der Waals surface area (Å²) in [4.78, 5) is 24.4. The van der Waals surface area contributed by atoms with Crippen LogP contribution in [0.15, 0.2) is 42.7 Å². The van der Waals surface area contributed by atoms with Crippen LogP contribution in [0.4, 0.5) is 13.2 Å². The summed E-state index contributed by atoms with van der Waals surface area (Å²) in [6, 6.07) is 7.58. The lowest BCUT2D eigenvalue weighted by molar-refractivity contribution is -0.137. The van der Waals surface area contributed by atoms with Gasteiger partial charge in [0.15, 0.2) is 0 Å². The van der Waals surface area contributed by atoms with Crippen LogP contribution in [0.3, 0.4) is 0 Å². The average Bonchev–Trinajstić information content (AvgIpc) is 3.51. The molecule has 4 aromatic rings. The third-order valence-corrected chi connectivity index (χ3v) is 6.60. The summed E-state index contributed by atoms with van der Waals surface area (Å²) in [5.41, 5.74) is 0.666. The topological polar surface area (TPSA) is 79.7 Å². The van der Waals surface area contributed by atoms with Gasteiger partial charge < -0.3 is 9.88 Å². The minimum atomic E-state index is -4.59. The second-order valence-electron chi connectivity index (χ2n) is 8.61. The molecule has 1 N–H and O–H groups in total. The first kappa shape index (κ1) is 22.4. The van der Waals surface area contributed by atoms with E-state index in [2.05, 4.69) is 20.2 Å². The largest absolute Gasteiger partial charge is 0.417 e. The summed E-state index contributed by atoms with van der Waals surface area (Å²) in [6.07, 6.45) is -0.205. The number of rotatable bonds is 3. The van der Waals surface area contributed by atoms with Crippen molar-refractivity contribution in [3.63, 3.8) is 0 Å². The molecule has 0 saturated carbocycles. The highest BCUT2D eigenvalue weighted by Crippen LogP contribution is 2.41. The van der Waals surface area contributed by atoms with E-state index in [-0.39, 0.29) is 11.4 Å². The first-order valence-electron chi connectivity index (χ1n) is 10.6. The molecule has 176 valence electrons. The van der Waals surface area contributed by atoms with E-state index in [9.17, 15) is 18.0 Å². The normalized spacial score (nSPS) is 18.7. The maximum atomic E-state index is 13.8. The standard InChI is InChI=1S/C23H20ClF3N6O/c1-13-4-5-14(19(10-13)33-28-7-8-29-33)20(34)32-9-3-6-22(32,2)21-30-17-11-15(23(25,26)27)16(24)12-18(17)31-21/h4-5,7-8,10-12H,3,6,9H2,1-2H3,(H,30,31).